The number of hydrogen-bond donors (Lipinski definition) is 2. The van der Waals surface area contributed by atoms with Gasteiger partial charge in [-0.3, -0.25) is 0 Å². The minimum atomic E-state index is -0.780. The van der Waals surface area contributed by atoms with Crippen molar-refractivity contribution in [2.45, 2.75) is 24.5 Å². The highest BCUT2D eigenvalue weighted by molar-refractivity contribution is 8.00. The summed E-state index contributed by atoms with van der Waals surface area (Å²) in [6, 6.07) is 24.1. The van der Waals surface area contributed by atoms with Gasteiger partial charge in [0.15, 0.2) is 6.61 Å². The van der Waals surface area contributed by atoms with Gasteiger partial charge in [-0.05, 0) is 41.0 Å². The van der Waals surface area contributed by atoms with Gasteiger partial charge in [-0.15, -0.1) is 0 Å². The van der Waals surface area contributed by atoms with Gasteiger partial charge in [0.1, 0.15) is 16.4 Å². The van der Waals surface area contributed by atoms with E-state index in [0.717, 1.165) is 16.7 Å². The Balaban J connectivity index is 0.00000155. The van der Waals surface area contributed by atoms with Crippen LogP contribution in [0.4, 0.5) is 0 Å². The normalized spacial score (nSPS) is 10.6. The molecule has 0 unspecified atom stereocenters. The molecule has 30 heavy (non-hydrogen) atoms. The highest BCUT2D eigenvalue weighted by Crippen LogP contribution is 2.40. The number of halogens is 1. The van der Waals surface area contributed by atoms with Gasteiger partial charge in [0.05, 0.1) is 0 Å². The fraction of sp³-hybridized carbons (Fsp3) is 0.208. The van der Waals surface area contributed by atoms with Crippen LogP contribution in [-0.4, -0.2) is 12.6 Å². The molecule has 0 fully saturated rings. The number of hydrogen-bond acceptors (Lipinski definition) is 5. The number of ether oxygens (including phenoxy) is 2. The van der Waals surface area contributed by atoms with Crippen LogP contribution in [0, 0.1) is 0 Å². The highest BCUT2D eigenvalue weighted by atomic mass is 35.5. The Morgan fingerprint density at radius 1 is 0.867 bits per heavy atom. The average molecular weight is 461 g/mol. The molecule has 6 heteroatoms. The molecule has 0 saturated carbocycles. The van der Waals surface area contributed by atoms with Gasteiger partial charge >= 0.3 is 5.97 Å². The summed E-state index contributed by atoms with van der Waals surface area (Å²) in [7, 11) is 0. The molecule has 0 bridgehead atoms. The quantitative estimate of drug-likeness (QED) is 0.238. The van der Waals surface area contributed by atoms with Crippen molar-refractivity contribution in [3.05, 3.63) is 101 Å². The summed E-state index contributed by atoms with van der Waals surface area (Å²) in [6.07, 6.45) is 0. The van der Waals surface area contributed by atoms with Gasteiger partial charge in [-0.1, -0.05) is 80.0 Å². The zero-order valence-corrected chi connectivity index (χ0v) is 19.5. The predicted molar refractivity (Wildman–Crippen MR) is 130 cm³/mol. The molecule has 158 valence electrons. The van der Waals surface area contributed by atoms with Crippen LogP contribution in [0.2, 0.25) is 5.02 Å². The van der Waals surface area contributed by atoms with E-state index in [0.29, 0.717) is 10.8 Å². The first kappa shape index (κ1) is 24.2. The minimum Gasteiger partial charge on any atom is -0.482 e. The Hall–Kier alpha value is -2.08. The van der Waals surface area contributed by atoms with Crippen LogP contribution in [0.5, 0.6) is 5.75 Å². The van der Waals surface area contributed by atoms with E-state index in [9.17, 15) is 4.79 Å². The third kappa shape index (κ3) is 7.01. The maximum atomic E-state index is 11.8. The van der Waals surface area contributed by atoms with Crippen molar-refractivity contribution in [3.63, 3.8) is 0 Å². The van der Waals surface area contributed by atoms with Gasteiger partial charge < -0.3 is 9.47 Å². The number of esters is 1. The van der Waals surface area contributed by atoms with E-state index in [1.165, 1.54) is 0 Å². The van der Waals surface area contributed by atoms with Gasteiger partial charge in [0.25, 0.3) is 0 Å². The summed E-state index contributed by atoms with van der Waals surface area (Å²) in [5.41, 5.74) is 2.71. The van der Waals surface area contributed by atoms with Crippen LogP contribution >= 0.6 is 36.9 Å². The van der Waals surface area contributed by atoms with Crippen molar-refractivity contribution in [2.24, 2.45) is 0 Å². The van der Waals surface area contributed by atoms with Gasteiger partial charge in [-0.2, -0.15) is 25.3 Å². The Morgan fingerprint density at radius 2 is 1.40 bits per heavy atom. The van der Waals surface area contributed by atoms with E-state index in [1.807, 2.05) is 68.4 Å². The predicted octanol–water partition coefficient (Wildman–Crippen LogP) is 6.55. The van der Waals surface area contributed by atoms with Crippen molar-refractivity contribution in [1.82, 2.24) is 0 Å². The van der Waals surface area contributed by atoms with Crippen molar-refractivity contribution in [2.75, 3.05) is 6.61 Å². The summed E-state index contributed by atoms with van der Waals surface area (Å²) in [4.78, 5) is 11.8. The Morgan fingerprint density at radius 3 is 1.97 bits per heavy atom. The Bertz CT molecular complexity index is 911. The lowest BCUT2D eigenvalue weighted by molar-refractivity contribution is -0.147. The van der Waals surface area contributed by atoms with Crippen molar-refractivity contribution < 1.29 is 14.3 Å². The van der Waals surface area contributed by atoms with Gasteiger partial charge in [0, 0.05) is 5.02 Å². The van der Waals surface area contributed by atoms with Crippen molar-refractivity contribution >= 4 is 42.8 Å². The largest absolute Gasteiger partial charge is 0.482 e. The maximum Gasteiger partial charge on any atom is 0.344 e. The molecule has 3 aromatic carbocycles. The van der Waals surface area contributed by atoms with E-state index in [-0.39, 0.29) is 13.2 Å². The molecule has 0 aliphatic heterocycles. The molecule has 3 nitrogen and oxygen atoms in total. The van der Waals surface area contributed by atoms with E-state index in [4.69, 9.17) is 21.1 Å². The van der Waals surface area contributed by atoms with Crippen LogP contribution in [0.1, 0.15) is 30.5 Å². The zero-order chi connectivity index (χ0) is 22.0. The molecule has 3 rings (SSSR count). The molecule has 0 radical (unpaired) electrons. The highest BCUT2D eigenvalue weighted by Gasteiger charge is 2.25. The van der Waals surface area contributed by atoms with Crippen LogP contribution < -0.4 is 4.74 Å². The summed E-state index contributed by atoms with van der Waals surface area (Å²) in [5, 5.41) is 0.657. The smallest absolute Gasteiger partial charge is 0.344 e. The second kappa shape index (κ2) is 11.9. The molecular formula is C24H25ClO3S2. The lowest BCUT2D eigenvalue weighted by atomic mass is 10.0. The fourth-order valence-corrected chi connectivity index (χ4v) is 3.28. The first-order valence-corrected chi connectivity index (χ1v) is 10.9. The molecular weight excluding hydrogens is 436 g/mol. The third-order valence-electron chi connectivity index (χ3n) is 4.10. The lowest BCUT2D eigenvalue weighted by Crippen LogP contribution is -2.15. The van der Waals surface area contributed by atoms with E-state index < -0.39 is 10.0 Å². The second-order valence-electron chi connectivity index (χ2n) is 6.14. The van der Waals surface area contributed by atoms with E-state index >= 15 is 0 Å². The topological polar surface area (TPSA) is 35.5 Å². The molecule has 3 aromatic rings. The van der Waals surface area contributed by atoms with E-state index in [2.05, 4.69) is 25.3 Å². The van der Waals surface area contributed by atoms with E-state index in [1.54, 1.807) is 24.3 Å². The molecule has 0 aliphatic carbocycles. The van der Waals surface area contributed by atoms with Crippen LogP contribution in [0.25, 0.3) is 0 Å². The number of benzene rings is 3. The molecule has 0 saturated heterocycles. The monoisotopic (exact) mass is 460 g/mol. The lowest BCUT2D eigenvalue weighted by Gasteiger charge is -2.24. The first-order chi connectivity index (χ1) is 14.4. The minimum absolute atomic E-state index is 0.156. The fourth-order valence-electron chi connectivity index (χ4n) is 2.55. The Kier molecular flexibility index (Phi) is 9.63. The summed E-state index contributed by atoms with van der Waals surface area (Å²) in [5.74, 6) is 0.140. The number of carbonyl (C=O) groups is 1. The Labute approximate surface area is 194 Å². The molecule has 0 aromatic heterocycles. The van der Waals surface area contributed by atoms with Gasteiger partial charge in [0.2, 0.25) is 0 Å². The number of thiol groups is 2. The maximum absolute atomic E-state index is 11.8. The molecule has 0 N–H and O–H groups in total. The molecule has 0 spiro atoms. The molecule has 0 atom stereocenters. The van der Waals surface area contributed by atoms with Gasteiger partial charge in [-0.25, -0.2) is 4.79 Å². The standard InChI is InChI=1S/C22H19ClO3S2.C2H6/c23-19-10-6-17(7-11-19)22(27,28)18-8-12-20(13-9-18)25-15-21(24)26-14-16-4-2-1-3-5-16;1-2/h1-13,27-28H,14-15H2;1-2H3. The third-order valence-corrected chi connectivity index (χ3v) is 5.39. The first-order valence-electron chi connectivity index (χ1n) is 9.59. The molecule has 0 amide bonds. The molecule has 0 aliphatic rings. The van der Waals surface area contributed by atoms with Crippen LogP contribution in [0.15, 0.2) is 78.9 Å². The molecule has 0 heterocycles. The second-order valence-corrected chi connectivity index (χ2v) is 8.27. The average Bonchev–Trinajstić information content (AvgIpc) is 2.79. The van der Waals surface area contributed by atoms with Crippen LogP contribution in [0.3, 0.4) is 0 Å². The number of carbonyl (C=O) groups excluding carboxylic acids is 1. The van der Waals surface area contributed by atoms with Crippen molar-refractivity contribution in [1.29, 1.82) is 0 Å². The summed E-state index contributed by atoms with van der Waals surface area (Å²) in [6.45, 7) is 4.07. The summed E-state index contributed by atoms with van der Waals surface area (Å²) < 4.78 is 9.92. The van der Waals surface area contributed by atoms with Crippen molar-refractivity contribution in [3.8, 4) is 5.75 Å². The number of rotatable bonds is 7. The summed E-state index contributed by atoms with van der Waals surface area (Å²) >= 11 is 15.3. The van der Waals surface area contributed by atoms with Crippen LogP contribution in [-0.2, 0) is 20.2 Å². The SMILES string of the molecule is CC.O=C(COc1ccc(C(S)(S)c2ccc(Cl)cc2)cc1)OCc1ccccc1. The zero-order valence-electron chi connectivity index (χ0n) is 16.9.